The lowest BCUT2D eigenvalue weighted by atomic mass is 10.1. The van der Waals surface area contributed by atoms with Crippen molar-refractivity contribution in [3.63, 3.8) is 0 Å². The molecule has 2 heterocycles. The molecule has 0 aliphatic rings. The Hall–Kier alpha value is -2.14. The number of fused-ring (bicyclic) bond motifs is 1. The normalized spacial score (nSPS) is 11.1. The van der Waals surface area contributed by atoms with Crippen molar-refractivity contribution in [2.24, 2.45) is 5.92 Å². The molecule has 23 heavy (non-hydrogen) atoms. The average Bonchev–Trinajstić information content (AvgIpc) is 2.99. The highest BCUT2D eigenvalue weighted by atomic mass is 32.1. The lowest BCUT2D eigenvalue weighted by molar-refractivity contribution is 0.415. The number of aromatic nitrogens is 2. The topological polar surface area (TPSA) is 47.0 Å². The molecule has 2 aromatic heterocycles. The third-order valence-electron chi connectivity index (χ3n) is 3.79. The second kappa shape index (κ2) is 6.96. The van der Waals surface area contributed by atoms with Gasteiger partial charge in [-0.15, -0.1) is 11.3 Å². The molecule has 5 heteroatoms. The van der Waals surface area contributed by atoms with Crippen LogP contribution >= 0.6 is 11.3 Å². The van der Waals surface area contributed by atoms with Crippen LogP contribution in [0.25, 0.3) is 21.3 Å². The third-order valence-corrected chi connectivity index (χ3v) is 4.67. The highest BCUT2D eigenvalue weighted by molar-refractivity contribution is 7.17. The molecule has 0 saturated carbocycles. The van der Waals surface area contributed by atoms with Gasteiger partial charge >= 0.3 is 0 Å². The molecule has 0 aliphatic carbocycles. The van der Waals surface area contributed by atoms with Crippen LogP contribution in [0.4, 0.5) is 5.82 Å². The number of thiophene rings is 1. The van der Waals surface area contributed by atoms with Crippen molar-refractivity contribution in [1.82, 2.24) is 9.97 Å². The van der Waals surface area contributed by atoms with Gasteiger partial charge in [-0.1, -0.05) is 26.0 Å². The largest absolute Gasteiger partial charge is 0.497 e. The fourth-order valence-electron chi connectivity index (χ4n) is 2.47. The molecule has 0 bridgehead atoms. The van der Waals surface area contributed by atoms with Gasteiger partial charge in [-0.25, -0.2) is 9.97 Å². The Kier molecular flexibility index (Phi) is 4.76. The summed E-state index contributed by atoms with van der Waals surface area (Å²) in [4.78, 5) is 9.88. The van der Waals surface area contributed by atoms with Crippen LogP contribution in [0, 0.1) is 5.92 Å². The Morgan fingerprint density at radius 2 is 1.96 bits per heavy atom. The molecule has 1 N–H and O–H groups in total. The first-order valence-electron chi connectivity index (χ1n) is 7.79. The van der Waals surface area contributed by atoms with Crippen LogP contribution in [0.15, 0.2) is 36.0 Å². The number of anilines is 1. The van der Waals surface area contributed by atoms with E-state index < -0.39 is 0 Å². The number of benzene rings is 1. The Morgan fingerprint density at radius 1 is 1.17 bits per heavy atom. The zero-order valence-electron chi connectivity index (χ0n) is 13.7. The summed E-state index contributed by atoms with van der Waals surface area (Å²) in [6, 6.07) is 8.11. The van der Waals surface area contributed by atoms with E-state index in [9.17, 15) is 0 Å². The van der Waals surface area contributed by atoms with Gasteiger partial charge in [0.15, 0.2) is 0 Å². The van der Waals surface area contributed by atoms with Crippen LogP contribution in [0.3, 0.4) is 0 Å². The van der Waals surface area contributed by atoms with Crippen molar-refractivity contribution in [2.45, 2.75) is 20.3 Å². The molecule has 0 radical (unpaired) electrons. The first kappa shape index (κ1) is 15.7. The predicted octanol–water partition coefficient (Wildman–Crippen LogP) is 4.82. The number of ether oxygens (including phenoxy) is 1. The zero-order chi connectivity index (χ0) is 16.2. The number of nitrogens with zero attached hydrogens (tertiary/aromatic N) is 2. The summed E-state index contributed by atoms with van der Waals surface area (Å²) in [5.41, 5.74) is 2.32. The van der Waals surface area contributed by atoms with E-state index in [-0.39, 0.29) is 0 Å². The summed E-state index contributed by atoms with van der Waals surface area (Å²) in [5.74, 6) is 2.45. The van der Waals surface area contributed by atoms with Crippen LogP contribution in [0.5, 0.6) is 5.75 Å². The Labute approximate surface area is 140 Å². The van der Waals surface area contributed by atoms with E-state index in [1.54, 1.807) is 24.8 Å². The maximum atomic E-state index is 5.24. The Bertz CT molecular complexity index is 781. The quantitative estimate of drug-likeness (QED) is 0.705. The summed E-state index contributed by atoms with van der Waals surface area (Å²) in [5, 5.41) is 6.72. The Balaban J connectivity index is 1.96. The lowest BCUT2D eigenvalue weighted by Crippen LogP contribution is -2.06. The molecular formula is C18H21N3OS. The maximum absolute atomic E-state index is 5.24. The highest BCUT2D eigenvalue weighted by Crippen LogP contribution is 2.36. The number of rotatable bonds is 6. The zero-order valence-corrected chi connectivity index (χ0v) is 14.5. The van der Waals surface area contributed by atoms with Crippen molar-refractivity contribution in [3.05, 3.63) is 36.0 Å². The maximum Gasteiger partial charge on any atom is 0.138 e. The summed E-state index contributed by atoms with van der Waals surface area (Å²) in [6.45, 7) is 5.37. The van der Waals surface area contributed by atoms with Crippen LogP contribution in [-0.4, -0.2) is 23.6 Å². The number of hydrogen-bond donors (Lipinski definition) is 1. The van der Waals surface area contributed by atoms with Crippen molar-refractivity contribution in [2.75, 3.05) is 19.0 Å². The van der Waals surface area contributed by atoms with E-state index >= 15 is 0 Å². The van der Waals surface area contributed by atoms with Crippen LogP contribution < -0.4 is 10.1 Å². The molecule has 0 spiro atoms. The molecule has 1 aromatic carbocycles. The molecule has 0 atom stereocenters. The average molecular weight is 327 g/mol. The van der Waals surface area contributed by atoms with Crippen molar-refractivity contribution >= 4 is 27.4 Å². The summed E-state index contributed by atoms with van der Waals surface area (Å²) >= 11 is 1.65. The van der Waals surface area contributed by atoms with Gasteiger partial charge in [0.1, 0.15) is 22.7 Å². The van der Waals surface area contributed by atoms with Gasteiger partial charge in [0.25, 0.3) is 0 Å². The second-order valence-electron chi connectivity index (χ2n) is 5.89. The van der Waals surface area contributed by atoms with Gasteiger partial charge in [-0.2, -0.15) is 0 Å². The molecule has 4 nitrogen and oxygen atoms in total. The minimum absolute atomic E-state index is 0.670. The molecule has 0 saturated heterocycles. The van der Waals surface area contributed by atoms with E-state index in [1.165, 1.54) is 5.56 Å². The predicted molar refractivity (Wildman–Crippen MR) is 97.3 cm³/mol. The van der Waals surface area contributed by atoms with Crippen molar-refractivity contribution in [1.29, 1.82) is 0 Å². The summed E-state index contributed by atoms with van der Waals surface area (Å²) < 4.78 is 5.24. The minimum atomic E-state index is 0.670. The first-order valence-corrected chi connectivity index (χ1v) is 8.67. The smallest absolute Gasteiger partial charge is 0.138 e. The molecule has 0 unspecified atom stereocenters. The van der Waals surface area contributed by atoms with E-state index in [4.69, 9.17) is 4.74 Å². The molecular weight excluding hydrogens is 306 g/mol. The summed E-state index contributed by atoms with van der Waals surface area (Å²) in [7, 11) is 1.68. The van der Waals surface area contributed by atoms with Gasteiger partial charge in [0.05, 0.1) is 12.5 Å². The molecule has 0 amide bonds. The molecule has 0 fully saturated rings. The van der Waals surface area contributed by atoms with E-state index in [1.807, 2.05) is 12.1 Å². The third kappa shape index (κ3) is 3.45. The highest BCUT2D eigenvalue weighted by Gasteiger charge is 2.13. The van der Waals surface area contributed by atoms with E-state index in [0.29, 0.717) is 5.92 Å². The van der Waals surface area contributed by atoms with Gasteiger partial charge in [0, 0.05) is 17.5 Å². The Morgan fingerprint density at radius 3 is 2.65 bits per heavy atom. The van der Waals surface area contributed by atoms with Gasteiger partial charge in [-0.05, 0) is 30.0 Å². The second-order valence-corrected chi connectivity index (χ2v) is 6.75. The standard InChI is InChI=1S/C18H21N3OS/c1-12(2)8-9-19-17-16-15(10-23-18(16)21-11-20-17)13-4-6-14(22-3)7-5-13/h4-7,10-12H,8-9H2,1-3H3,(H,19,20,21). The summed E-state index contributed by atoms with van der Waals surface area (Å²) in [6.07, 6.45) is 2.75. The van der Waals surface area contributed by atoms with Crippen LogP contribution in [0.1, 0.15) is 20.3 Å². The number of hydrogen-bond acceptors (Lipinski definition) is 5. The molecule has 0 aliphatic heterocycles. The molecule has 3 rings (SSSR count). The van der Waals surface area contributed by atoms with E-state index in [2.05, 4.69) is 46.6 Å². The van der Waals surface area contributed by atoms with Gasteiger partial charge in [0.2, 0.25) is 0 Å². The SMILES string of the molecule is COc1ccc(-c2csc3ncnc(NCCC(C)C)c23)cc1. The number of nitrogens with one attached hydrogen (secondary N) is 1. The van der Waals surface area contributed by atoms with Crippen molar-refractivity contribution in [3.8, 4) is 16.9 Å². The van der Waals surface area contributed by atoms with E-state index in [0.717, 1.165) is 40.3 Å². The lowest BCUT2D eigenvalue weighted by Gasteiger charge is -2.10. The molecule has 120 valence electrons. The van der Waals surface area contributed by atoms with Gasteiger partial charge < -0.3 is 10.1 Å². The van der Waals surface area contributed by atoms with Crippen molar-refractivity contribution < 1.29 is 4.74 Å². The monoisotopic (exact) mass is 327 g/mol. The fraction of sp³-hybridized carbons (Fsp3) is 0.333. The van der Waals surface area contributed by atoms with Crippen LogP contribution in [-0.2, 0) is 0 Å². The number of methoxy groups -OCH3 is 1. The van der Waals surface area contributed by atoms with Gasteiger partial charge in [-0.3, -0.25) is 0 Å². The minimum Gasteiger partial charge on any atom is -0.497 e. The fourth-order valence-corrected chi connectivity index (χ4v) is 3.39. The molecule has 3 aromatic rings. The first-order chi connectivity index (χ1) is 11.2. The van der Waals surface area contributed by atoms with Crippen LogP contribution in [0.2, 0.25) is 0 Å².